The molecule has 1 aromatic carbocycles. The van der Waals surface area contributed by atoms with Crippen LogP contribution in [-0.2, 0) is 16.4 Å². The summed E-state index contributed by atoms with van der Waals surface area (Å²) in [7, 11) is -2.83. The van der Waals surface area contributed by atoms with Crippen molar-refractivity contribution in [3.05, 3.63) is 29.3 Å². The van der Waals surface area contributed by atoms with E-state index in [1.807, 2.05) is 20.8 Å². The number of nitrogens with zero attached hydrogens (tertiary/aromatic N) is 2. The van der Waals surface area contributed by atoms with Crippen molar-refractivity contribution >= 4 is 15.8 Å². The van der Waals surface area contributed by atoms with Crippen molar-refractivity contribution in [3.8, 4) is 5.75 Å². The Balaban J connectivity index is 1.91. The predicted molar refractivity (Wildman–Crippen MR) is 115 cm³/mol. The molecule has 28 heavy (non-hydrogen) atoms. The number of sulfone groups is 1. The summed E-state index contributed by atoms with van der Waals surface area (Å²) in [6.45, 7) is 12.2. The second kappa shape index (κ2) is 10.7. The maximum atomic E-state index is 11.5. The van der Waals surface area contributed by atoms with Crippen LogP contribution < -0.4 is 15.4 Å². The Kier molecular flexibility index (Phi) is 8.57. The van der Waals surface area contributed by atoms with Crippen LogP contribution in [0.1, 0.15) is 31.9 Å². The van der Waals surface area contributed by atoms with Gasteiger partial charge in [-0.2, -0.15) is 0 Å². The molecule has 0 saturated carbocycles. The summed E-state index contributed by atoms with van der Waals surface area (Å²) in [5.41, 5.74) is 2.22. The topological polar surface area (TPSA) is 83.0 Å². The third kappa shape index (κ3) is 7.67. The summed E-state index contributed by atoms with van der Waals surface area (Å²) >= 11 is 0. The van der Waals surface area contributed by atoms with Crippen LogP contribution in [0.4, 0.5) is 0 Å². The van der Waals surface area contributed by atoms with Crippen molar-refractivity contribution in [3.63, 3.8) is 0 Å². The van der Waals surface area contributed by atoms with Gasteiger partial charge in [0.05, 0.1) is 24.2 Å². The molecule has 1 saturated heterocycles. The Morgan fingerprint density at radius 3 is 2.61 bits per heavy atom. The molecule has 0 aliphatic carbocycles. The number of ether oxygens (including phenoxy) is 1. The zero-order chi connectivity index (χ0) is 20.6. The summed E-state index contributed by atoms with van der Waals surface area (Å²) in [6.07, 6.45) is 0.115. The summed E-state index contributed by atoms with van der Waals surface area (Å²) in [6, 6.07) is 6.19. The first kappa shape index (κ1) is 22.5. The van der Waals surface area contributed by atoms with Gasteiger partial charge in [0.1, 0.15) is 5.75 Å². The normalized spacial score (nSPS) is 17.5. The first-order valence-corrected chi connectivity index (χ1v) is 11.8. The lowest BCUT2D eigenvalue weighted by Crippen LogP contribution is -2.45. The molecular weight excluding hydrogens is 376 g/mol. The van der Waals surface area contributed by atoms with E-state index < -0.39 is 9.84 Å². The van der Waals surface area contributed by atoms with Crippen LogP contribution in [0.3, 0.4) is 0 Å². The highest BCUT2D eigenvalue weighted by atomic mass is 32.2. The van der Waals surface area contributed by atoms with Crippen LogP contribution in [-0.4, -0.2) is 69.6 Å². The third-order valence-corrected chi connectivity index (χ3v) is 6.10. The fourth-order valence-electron chi connectivity index (χ4n) is 2.97. The van der Waals surface area contributed by atoms with Gasteiger partial charge >= 0.3 is 0 Å². The fraction of sp³-hybridized carbons (Fsp3) is 0.650. The molecule has 0 unspecified atom stereocenters. The van der Waals surface area contributed by atoms with Gasteiger partial charge in [0.25, 0.3) is 0 Å². The van der Waals surface area contributed by atoms with Gasteiger partial charge < -0.3 is 15.4 Å². The average molecular weight is 411 g/mol. The van der Waals surface area contributed by atoms with Gasteiger partial charge in [0.15, 0.2) is 15.8 Å². The monoisotopic (exact) mass is 410 g/mol. The Bertz CT molecular complexity index is 749. The Hall–Kier alpha value is -1.80. The van der Waals surface area contributed by atoms with Crippen molar-refractivity contribution in [2.45, 2.75) is 40.3 Å². The number of nitrogens with one attached hydrogen (secondary N) is 2. The van der Waals surface area contributed by atoms with Gasteiger partial charge in [0.2, 0.25) is 0 Å². The molecule has 0 bridgehead atoms. The van der Waals surface area contributed by atoms with Crippen molar-refractivity contribution in [2.75, 3.05) is 44.2 Å². The van der Waals surface area contributed by atoms with Crippen LogP contribution in [0.2, 0.25) is 0 Å². The highest BCUT2D eigenvalue weighted by Crippen LogP contribution is 2.22. The van der Waals surface area contributed by atoms with E-state index in [-0.39, 0.29) is 17.6 Å². The number of guanidine groups is 1. The molecule has 0 amide bonds. The van der Waals surface area contributed by atoms with E-state index in [4.69, 9.17) is 4.74 Å². The standard InChI is InChI=1S/C20H34N4O3S/c1-5-21-20(22-8-9-24-10-12-28(25,26)13-11-24)23-15-18-7-6-17(4)14-19(18)27-16(2)3/h6-7,14,16H,5,8-13,15H2,1-4H3,(H2,21,22,23). The van der Waals surface area contributed by atoms with E-state index >= 15 is 0 Å². The molecule has 1 fully saturated rings. The van der Waals surface area contributed by atoms with Crippen molar-refractivity contribution < 1.29 is 13.2 Å². The van der Waals surface area contributed by atoms with Gasteiger partial charge in [-0.15, -0.1) is 0 Å². The summed E-state index contributed by atoms with van der Waals surface area (Å²) in [5, 5.41) is 6.60. The SMILES string of the molecule is CCNC(=NCc1ccc(C)cc1OC(C)C)NCCN1CCS(=O)(=O)CC1. The van der Waals surface area contributed by atoms with Crippen LogP contribution in [0.15, 0.2) is 23.2 Å². The first-order chi connectivity index (χ1) is 13.3. The van der Waals surface area contributed by atoms with Gasteiger partial charge in [-0.1, -0.05) is 12.1 Å². The molecule has 0 spiro atoms. The largest absolute Gasteiger partial charge is 0.491 e. The highest BCUT2D eigenvalue weighted by Gasteiger charge is 2.20. The van der Waals surface area contributed by atoms with Crippen LogP contribution in [0.5, 0.6) is 5.75 Å². The lowest BCUT2D eigenvalue weighted by molar-refractivity contribution is 0.240. The zero-order valence-electron chi connectivity index (χ0n) is 17.5. The predicted octanol–water partition coefficient (Wildman–Crippen LogP) is 1.57. The zero-order valence-corrected chi connectivity index (χ0v) is 18.3. The van der Waals surface area contributed by atoms with E-state index in [9.17, 15) is 8.42 Å². The minimum atomic E-state index is -2.83. The number of rotatable bonds is 8. The summed E-state index contributed by atoms with van der Waals surface area (Å²) in [4.78, 5) is 6.86. The molecule has 0 aromatic heterocycles. The summed E-state index contributed by atoms with van der Waals surface area (Å²) in [5.74, 6) is 2.15. The third-order valence-electron chi connectivity index (χ3n) is 4.49. The van der Waals surface area contributed by atoms with Gasteiger partial charge in [-0.25, -0.2) is 13.4 Å². The Morgan fingerprint density at radius 2 is 1.96 bits per heavy atom. The maximum absolute atomic E-state index is 11.5. The van der Waals surface area contributed by atoms with Gasteiger partial charge in [-0.3, -0.25) is 4.90 Å². The lowest BCUT2D eigenvalue weighted by atomic mass is 10.1. The lowest BCUT2D eigenvalue weighted by Gasteiger charge is -2.26. The van der Waals surface area contributed by atoms with E-state index in [2.05, 4.69) is 45.6 Å². The molecule has 2 rings (SSSR count). The highest BCUT2D eigenvalue weighted by molar-refractivity contribution is 7.91. The molecule has 0 atom stereocenters. The first-order valence-electron chi connectivity index (χ1n) is 10.00. The van der Waals surface area contributed by atoms with Crippen LogP contribution in [0.25, 0.3) is 0 Å². The Morgan fingerprint density at radius 1 is 1.25 bits per heavy atom. The molecule has 1 aromatic rings. The van der Waals surface area contributed by atoms with E-state index in [1.54, 1.807) is 0 Å². The summed E-state index contributed by atoms with van der Waals surface area (Å²) < 4.78 is 29.0. The quantitative estimate of drug-likeness (QED) is 0.500. The van der Waals surface area contributed by atoms with E-state index in [1.165, 1.54) is 0 Å². The molecule has 0 radical (unpaired) electrons. The van der Waals surface area contributed by atoms with Crippen molar-refractivity contribution in [1.82, 2.24) is 15.5 Å². The van der Waals surface area contributed by atoms with Crippen LogP contribution >= 0.6 is 0 Å². The second-order valence-corrected chi connectivity index (χ2v) is 9.70. The smallest absolute Gasteiger partial charge is 0.191 e. The van der Waals surface area contributed by atoms with Gasteiger partial charge in [-0.05, 0) is 39.3 Å². The Labute approximate surface area is 169 Å². The van der Waals surface area contributed by atoms with Crippen LogP contribution in [0, 0.1) is 6.92 Å². The van der Waals surface area contributed by atoms with Crippen molar-refractivity contribution in [1.29, 1.82) is 0 Å². The molecule has 1 aliphatic rings. The number of aliphatic imine (C=N–C) groups is 1. The minimum Gasteiger partial charge on any atom is -0.491 e. The molecule has 2 N–H and O–H groups in total. The molecule has 1 heterocycles. The molecule has 7 nitrogen and oxygen atoms in total. The number of hydrogen-bond acceptors (Lipinski definition) is 5. The molecule has 158 valence electrons. The second-order valence-electron chi connectivity index (χ2n) is 7.39. The van der Waals surface area contributed by atoms with E-state index in [0.717, 1.165) is 42.5 Å². The maximum Gasteiger partial charge on any atom is 0.191 e. The van der Waals surface area contributed by atoms with Crippen molar-refractivity contribution in [2.24, 2.45) is 4.99 Å². The molecular formula is C20H34N4O3S. The number of hydrogen-bond donors (Lipinski definition) is 2. The van der Waals surface area contributed by atoms with E-state index in [0.29, 0.717) is 19.6 Å². The minimum absolute atomic E-state index is 0.115. The molecule has 8 heteroatoms. The average Bonchev–Trinajstić information content (AvgIpc) is 2.62. The van der Waals surface area contributed by atoms with Gasteiger partial charge in [0, 0.05) is 38.3 Å². The number of aryl methyl sites for hydroxylation is 1. The molecule has 1 aliphatic heterocycles. The fourth-order valence-corrected chi connectivity index (χ4v) is 4.25. The number of benzene rings is 1.